The fraction of sp³-hybridized carbons (Fsp3) is 1.00. The highest BCUT2D eigenvalue weighted by molar-refractivity contribution is 7.86. The monoisotopic (exact) mass is 305 g/mol. The number of rotatable bonds is 5. The summed E-state index contributed by atoms with van der Waals surface area (Å²) in [5.74, 6) is 0. The van der Waals surface area contributed by atoms with E-state index in [4.69, 9.17) is 5.11 Å². The van der Waals surface area contributed by atoms with E-state index in [1.807, 2.05) is 0 Å². The van der Waals surface area contributed by atoms with E-state index in [0.717, 1.165) is 25.7 Å². The van der Waals surface area contributed by atoms with Gasteiger partial charge in [0, 0.05) is 45.8 Å². The SMILES string of the molecule is CN(C1CCCCC1)S(=O)(=O)N1CCN(CCO)CC1. The predicted molar refractivity (Wildman–Crippen MR) is 78.7 cm³/mol. The van der Waals surface area contributed by atoms with Crippen LogP contribution in [0.5, 0.6) is 0 Å². The summed E-state index contributed by atoms with van der Waals surface area (Å²) in [5, 5.41) is 8.92. The average Bonchev–Trinajstić information content (AvgIpc) is 2.48. The molecule has 1 heterocycles. The highest BCUT2D eigenvalue weighted by Gasteiger charge is 2.34. The summed E-state index contributed by atoms with van der Waals surface area (Å²) < 4.78 is 28.5. The Morgan fingerprint density at radius 1 is 1.10 bits per heavy atom. The Labute approximate surface area is 122 Å². The second-order valence-corrected chi connectivity index (χ2v) is 7.77. The first kappa shape index (κ1) is 16.2. The van der Waals surface area contributed by atoms with Gasteiger partial charge in [0.25, 0.3) is 10.2 Å². The van der Waals surface area contributed by atoms with Gasteiger partial charge in [-0.05, 0) is 12.8 Å². The van der Waals surface area contributed by atoms with Gasteiger partial charge in [-0.1, -0.05) is 19.3 Å². The average molecular weight is 305 g/mol. The van der Waals surface area contributed by atoms with Gasteiger partial charge in [-0.3, -0.25) is 4.90 Å². The van der Waals surface area contributed by atoms with Gasteiger partial charge in [0.2, 0.25) is 0 Å². The van der Waals surface area contributed by atoms with E-state index in [1.165, 1.54) is 6.42 Å². The molecule has 2 aliphatic rings. The van der Waals surface area contributed by atoms with Crippen LogP contribution in [-0.2, 0) is 10.2 Å². The van der Waals surface area contributed by atoms with Gasteiger partial charge in [0.05, 0.1) is 6.61 Å². The van der Waals surface area contributed by atoms with Gasteiger partial charge in [-0.2, -0.15) is 17.0 Å². The van der Waals surface area contributed by atoms with Crippen LogP contribution in [-0.4, -0.2) is 79.5 Å². The quantitative estimate of drug-likeness (QED) is 0.783. The van der Waals surface area contributed by atoms with E-state index in [1.54, 1.807) is 15.7 Å². The molecule has 0 amide bonds. The third kappa shape index (κ3) is 3.71. The molecule has 0 unspecified atom stereocenters. The van der Waals surface area contributed by atoms with Gasteiger partial charge in [0.15, 0.2) is 0 Å². The fourth-order valence-electron chi connectivity index (χ4n) is 3.14. The van der Waals surface area contributed by atoms with E-state index < -0.39 is 10.2 Å². The van der Waals surface area contributed by atoms with Gasteiger partial charge in [-0.15, -0.1) is 0 Å². The number of aliphatic hydroxyl groups is 1. The zero-order valence-electron chi connectivity index (χ0n) is 12.4. The lowest BCUT2D eigenvalue weighted by atomic mass is 9.96. The molecule has 0 aromatic rings. The molecule has 0 atom stereocenters. The van der Waals surface area contributed by atoms with Gasteiger partial charge >= 0.3 is 0 Å². The van der Waals surface area contributed by atoms with Crippen molar-refractivity contribution in [1.82, 2.24) is 13.5 Å². The highest BCUT2D eigenvalue weighted by Crippen LogP contribution is 2.25. The minimum atomic E-state index is -3.32. The number of piperazine rings is 1. The van der Waals surface area contributed by atoms with Crippen LogP contribution in [0, 0.1) is 0 Å². The lowest BCUT2D eigenvalue weighted by molar-refractivity contribution is 0.145. The Morgan fingerprint density at radius 2 is 1.70 bits per heavy atom. The minimum Gasteiger partial charge on any atom is -0.395 e. The molecule has 1 saturated heterocycles. The van der Waals surface area contributed by atoms with E-state index in [0.29, 0.717) is 32.7 Å². The Bertz CT molecular complexity index is 388. The molecule has 1 N–H and O–H groups in total. The molecule has 1 aliphatic carbocycles. The summed E-state index contributed by atoms with van der Waals surface area (Å²) in [4.78, 5) is 2.10. The van der Waals surface area contributed by atoms with Crippen LogP contribution in [0.2, 0.25) is 0 Å². The predicted octanol–water partition coefficient (Wildman–Crippen LogP) is 0.106. The molecule has 0 bridgehead atoms. The van der Waals surface area contributed by atoms with Gasteiger partial charge in [-0.25, -0.2) is 0 Å². The summed E-state index contributed by atoms with van der Waals surface area (Å²) in [6, 6.07) is 0.171. The molecule has 0 aromatic carbocycles. The smallest absolute Gasteiger partial charge is 0.282 e. The van der Waals surface area contributed by atoms with Crippen molar-refractivity contribution in [3.05, 3.63) is 0 Å². The Kier molecular flexibility index (Phi) is 5.80. The first-order valence-corrected chi connectivity index (χ1v) is 9.01. The molecule has 0 aromatic heterocycles. The maximum Gasteiger partial charge on any atom is 0.282 e. The topological polar surface area (TPSA) is 64.1 Å². The first-order valence-electron chi connectivity index (χ1n) is 7.62. The van der Waals surface area contributed by atoms with Crippen molar-refractivity contribution < 1.29 is 13.5 Å². The van der Waals surface area contributed by atoms with E-state index in [2.05, 4.69) is 4.90 Å². The zero-order valence-corrected chi connectivity index (χ0v) is 13.2. The van der Waals surface area contributed by atoms with E-state index in [9.17, 15) is 8.42 Å². The number of β-amino-alcohol motifs (C(OH)–C–C–N with tert-alkyl or cyclic N) is 1. The summed E-state index contributed by atoms with van der Waals surface area (Å²) in [7, 11) is -1.59. The van der Waals surface area contributed by atoms with Crippen molar-refractivity contribution in [2.45, 2.75) is 38.1 Å². The van der Waals surface area contributed by atoms with Crippen molar-refractivity contribution in [1.29, 1.82) is 0 Å². The third-order valence-corrected chi connectivity index (χ3v) is 6.57. The fourth-order valence-corrected chi connectivity index (χ4v) is 4.72. The lowest BCUT2D eigenvalue weighted by Crippen LogP contribution is -2.54. The summed E-state index contributed by atoms with van der Waals surface area (Å²) in [5.41, 5.74) is 0. The largest absolute Gasteiger partial charge is 0.395 e. The van der Waals surface area contributed by atoms with Gasteiger partial charge < -0.3 is 5.11 Å². The Hall–Kier alpha value is -0.210. The van der Waals surface area contributed by atoms with Crippen LogP contribution >= 0.6 is 0 Å². The van der Waals surface area contributed by atoms with E-state index >= 15 is 0 Å². The highest BCUT2D eigenvalue weighted by atomic mass is 32.2. The number of nitrogens with zero attached hydrogens (tertiary/aromatic N) is 3. The minimum absolute atomic E-state index is 0.134. The van der Waals surface area contributed by atoms with Crippen molar-refractivity contribution in [3.63, 3.8) is 0 Å². The first-order chi connectivity index (χ1) is 9.55. The lowest BCUT2D eigenvalue weighted by Gasteiger charge is -2.38. The molecule has 0 spiro atoms. The third-order valence-electron chi connectivity index (χ3n) is 4.53. The summed E-state index contributed by atoms with van der Waals surface area (Å²) >= 11 is 0. The second-order valence-electron chi connectivity index (χ2n) is 5.78. The molecule has 20 heavy (non-hydrogen) atoms. The van der Waals surface area contributed by atoms with Crippen molar-refractivity contribution in [2.24, 2.45) is 0 Å². The summed E-state index contributed by atoms with van der Waals surface area (Å²) in [6.45, 7) is 3.23. The molecular formula is C13H27N3O3S. The Balaban J connectivity index is 1.93. The van der Waals surface area contributed by atoms with Gasteiger partial charge in [0.1, 0.15) is 0 Å². The maximum atomic E-state index is 12.6. The van der Waals surface area contributed by atoms with Crippen molar-refractivity contribution in [3.8, 4) is 0 Å². The zero-order chi connectivity index (χ0) is 14.6. The van der Waals surface area contributed by atoms with Crippen LogP contribution in [0.3, 0.4) is 0 Å². The number of hydrogen-bond acceptors (Lipinski definition) is 4. The molecule has 0 radical (unpaired) electrons. The molecule has 2 rings (SSSR count). The Morgan fingerprint density at radius 3 is 2.25 bits per heavy atom. The molecule has 7 heteroatoms. The molecular weight excluding hydrogens is 278 g/mol. The molecule has 2 fully saturated rings. The van der Waals surface area contributed by atoms with Crippen LogP contribution in [0.4, 0.5) is 0 Å². The van der Waals surface area contributed by atoms with Crippen molar-refractivity contribution >= 4 is 10.2 Å². The van der Waals surface area contributed by atoms with Crippen LogP contribution < -0.4 is 0 Å². The van der Waals surface area contributed by atoms with Crippen LogP contribution in [0.15, 0.2) is 0 Å². The van der Waals surface area contributed by atoms with Crippen LogP contribution in [0.1, 0.15) is 32.1 Å². The molecule has 6 nitrogen and oxygen atoms in total. The number of hydrogen-bond donors (Lipinski definition) is 1. The standard InChI is InChI=1S/C13H27N3O3S/c1-14(13-5-3-2-4-6-13)20(18,19)16-9-7-15(8-10-16)11-12-17/h13,17H,2-12H2,1H3. The molecule has 1 aliphatic heterocycles. The number of aliphatic hydroxyl groups excluding tert-OH is 1. The van der Waals surface area contributed by atoms with Crippen molar-refractivity contribution in [2.75, 3.05) is 46.4 Å². The summed E-state index contributed by atoms with van der Waals surface area (Å²) in [6.07, 6.45) is 5.47. The molecule has 1 saturated carbocycles. The molecule has 118 valence electrons. The maximum absolute atomic E-state index is 12.6. The van der Waals surface area contributed by atoms with Crippen LogP contribution in [0.25, 0.3) is 0 Å². The second kappa shape index (κ2) is 7.17. The normalized spacial score (nSPS) is 24.4. The van der Waals surface area contributed by atoms with E-state index in [-0.39, 0.29) is 12.6 Å².